The molecule has 0 bridgehead atoms. The summed E-state index contributed by atoms with van der Waals surface area (Å²) in [5.74, 6) is 1.60. The van der Waals surface area contributed by atoms with E-state index in [1.165, 1.54) is 66.6 Å². The molecule has 2 fully saturated rings. The zero-order valence-electron chi connectivity index (χ0n) is 18.2. The molecule has 1 heterocycles. The van der Waals surface area contributed by atoms with E-state index in [0.717, 1.165) is 16.7 Å². The average Bonchev–Trinajstić information content (AvgIpc) is 3.23. The van der Waals surface area contributed by atoms with Crippen LogP contribution in [0.2, 0.25) is 0 Å². The van der Waals surface area contributed by atoms with Gasteiger partial charge in [0.2, 0.25) is 0 Å². The molecule has 1 aromatic heterocycles. The van der Waals surface area contributed by atoms with Crippen molar-refractivity contribution in [3.8, 4) is 11.1 Å². The van der Waals surface area contributed by atoms with Gasteiger partial charge < -0.3 is 5.32 Å². The maximum Gasteiger partial charge on any atom is 0.261 e. The van der Waals surface area contributed by atoms with Gasteiger partial charge in [-0.3, -0.25) is 4.79 Å². The van der Waals surface area contributed by atoms with Gasteiger partial charge in [-0.25, -0.2) is 0 Å². The molecule has 1 N–H and O–H groups in total. The fourth-order valence-electron chi connectivity index (χ4n) is 5.73. The minimum absolute atomic E-state index is 0.0545. The van der Waals surface area contributed by atoms with Crippen LogP contribution in [0, 0.1) is 17.3 Å². The minimum Gasteiger partial charge on any atom is -0.344 e. The molecular formula is C28H31NOS. The standard InChI is InChI=1S/C28H31NOS/c1-28(19-24(28)22-11-6-3-7-12-22)26(29-27(30)25-13-8-18-31-25)23-16-14-21(15-17-23)20-9-4-2-5-10-20/h2,4-5,8-10,13-18,22,24,26H,3,6-7,11-12,19H2,1H3,(H,29,30)/t24-,26?,28+/m0/s1. The number of hydrogen-bond donors (Lipinski definition) is 1. The van der Waals surface area contributed by atoms with Gasteiger partial charge >= 0.3 is 0 Å². The molecule has 2 aromatic carbocycles. The van der Waals surface area contributed by atoms with Crippen molar-refractivity contribution in [3.63, 3.8) is 0 Å². The van der Waals surface area contributed by atoms with Crippen molar-refractivity contribution in [1.29, 1.82) is 0 Å². The van der Waals surface area contributed by atoms with E-state index < -0.39 is 0 Å². The second kappa shape index (κ2) is 8.63. The van der Waals surface area contributed by atoms with Crippen molar-refractivity contribution >= 4 is 17.2 Å². The molecule has 0 spiro atoms. The van der Waals surface area contributed by atoms with Crippen LogP contribution < -0.4 is 5.32 Å². The Labute approximate surface area is 189 Å². The second-order valence-electron chi connectivity index (χ2n) is 9.59. The fraction of sp³-hybridized carbons (Fsp3) is 0.393. The molecule has 2 saturated carbocycles. The van der Waals surface area contributed by atoms with Crippen molar-refractivity contribution in [2.24, 2.45) is 17.3 Å². The number of hydrogen-bond acceptors (Lipinski definition) is 2. The molecule has 1 amide bonds. The van der Waals surface area contributed by atoms with Gasteiger partial charge in [-0.1, -0.05) is 99.7 Å². The van der Waals surface area contributed by atoms with E-state index in [1.807, 2.05) is 23.6 Å². The third kappa shape index (κ3) is 4.21. The lowest BCUT2D eigenvalue weighted by Crippen LogP contribution is -2.34. The molecule has 5 rings (SSSR count). The Kier molecular flexibility index (Phi) is 5.71. The summed E-state index contributed by atoms with van der Waals surface area (Å²) < 4.78 is 0. The molecular weight excluding hydrogens is 398 g/mol. The van der Waals surface area contributed by atoms with Crippen LogP contribution in [-0.2, 0) is 0 Å². The Bertz CT molecular complexity index is 1000. The zero-order chi connectivity index (χ0) is 21.3. The summed E-state index contributed by atoms with van der Waals surface area (Å²) in [5, 5.41) is 5.41. The first-order valence-corrected chi connectivity index (χ1v) is 12.5. The highest BCUT2D eigenvalue weighted by Crippen LogP contribution is 2.65. The Balaban J connectivity index is 1.42. The smallest absolute Gasteiger partial charge is 0.261 e. The lowest BCUT2D eigenvalue weighted by atomic mass is 9.79. The van der Waals surface area contributed by atoms with Crippen molar-refractivity contribution < 1.29 is 4.79 Å². The number of amides is 1. The van der Waals surface area contributed by atoms with Gasteiger partial charge in [0.15, 0.2) is 0 Å². The molecule has 3 atom stereocenters. The Hall–Kier alpha value is -2.39. The summed E-state index contributed by atoms with van der Waals surface area (Å²) in [6.07, 6.45) is 8.06. The normalized spacial score (nSPS) is 24.5. The molecule has 2 nitrogen and oxygen atoms in total. The lowest BCUT2D eigenvalue weighted by molar-refractivity contribution is 0.0915. The van der Waals surface area contributed by atoms with Gasteiger partial charge in [-0.15, -0.1) is 11.3 Å². The Morgan fingerprint density at radius 2 is 1.65 bits per heavy atom. The quantitative estimate of drug-likeness (QED) is 0.432. The van der Waals surface area contributed by atoms with Crippen molar-refractivity contribution in [1.82, 2.24) is 5.32 Å². The molecule has 2 aliphatic carbocycles. The average molecular weight is 430 g/mol. The predicted octanol–water partition coefficient (Wildman–Crippen LogP) is 7.49. The molecule has 31 heavy (non-hydrogen) atoms. The monoisotopic (exact) mass is 429 g/mol. The van der Waals surface area contributed by atoms with Gasteiger partial charge in [0, 0.05) is 0 Å². The summed E-state index contributed by atoms with van der Waals surface area (Å²) in [4.78, 5) is 13.8. The van der Waals surface area contributed by atoms with Gasteiger partial charge in [0.1, 0.15) is 0 Å². The summed E-state index contributed by atoms with van der Waals surface area (Å²) in [6.45, 7) is 2.40. The van der Waals surface area contributed by atoms with E-state index in [4.69, 9.17) is 0 Å². The highest BCUT2D eigenvalue weighted by atomic mass is 32.1. The summed E-state index contributed by atoms with van der Waals surface area (Å²) in [7, 11) is 0. The first kappa shape index (κ1) is 20.5. The molecule has 3 aromatic rings. The molecule has 0 aliphatic heterocycles. The number of nitrogens with one attached hydrogen (secondary N) is 1. The van der Waals surface area contributed by atoms with Crippen LogP contribution >= 0.6 is 11.3 Å². The van der Waals surface area contributed by atoms with Gasteiger partial charge in [-0.05, 0) is 51.8 Å². The molecule has 0 saturated heterocycles. The topological polar surface area (TPSA) is 29.1 Å². The third-order valence-electron chi connectivity index (χ3n) is 7.60. The van der Waals surface area contributed by atoms with Crippen LogP contribution in [-0.4, -0.2) is 5.91 Å². The maximum absolute atomic E-state index is 13.0. The van der Waals surface area contributed by atoms with Crippen LogP contribution in [0.3, 0.4) is 0 Å². The van der Waals surface area contributed by atoms with Crippen LogP contribution in [0.4, 0.5) is 0 Å². The number of thiophene rings is 1. The number of rotatable bonds is 6. The number of benzene rings is 2. The van der Waals surface area contributed by atoms with Gasteiger partial charge in [0.25, 0.3) is 5.91 Å². The third-order valence-corrected chi connectivity index (χ3v) is 8.47. The second-order valence-corrected chi connectivity index (χ2v) is 10.5. The lowest BCUT2D eigenvalue weighted by Gasteiger charge is -2.30. The Morgan fingerprint density at radius 3 is 2.32 bits per heavy atom. The summed E-state index contributed by atoms with van der Waals surface area (Å²) in [6, 6.07) is 23.3. The first-order chi connectivity index (χ1) is 15.1. The molecule has 3 heteroatoms. The molecule has 2 aliphatic rings. The van der Waals surface area contributed by atoms with Gasteiger partial charge in [0.05, 0.1) is 10.9 Å². The molecule has 0 radical (unpaired) electrons. The first-order valence-electron chi connectivity index (χ1n) is 11.6. The number of carbonyl (C=O) groups is 1. The van der Waals surface area contributed by atoms with E-state index in [1.54, 1.807) is 0 Å². The van der Waals surface area contributed by atoms with Crippen LogP contribution in [0.5, 0.6) is 0 Å². The largest absolute Gasteiger partial charge is 0.344 e. The van der Waals surface area contributed by atoms with Crippen LogP contribution in [0.15, 0.2) is 72.1 Å². The van der Waals surface area contributed by atoms with Crippen molar-refractivity contribution in [2.45, 2.75) is 51.5 Å². The molecule has 1 unspecified atom stereocenters. The molecule has 160 valence electrons. The zero-order valence-corrected chi connectivity index (χ0v) is 19.0. The van der Waals surface area contributed by atoms with Gasteiger partial charge in [-0.2, -0.15) is 0 Å². The summed E-state index contributed by atoms with van der Waals surface area (Å²) in [5.41, 5.74) is 3.82. The highest BCUT2D eigenvalue weighted by Gasteiger charge is 2.58. The predicted molar refractivity (Wildman–Crippen MR) is 129 cm³/mol. The van der Waals surface area contributed by atoms with Crippen LogP contribution in [0.25, 0.3) is 11.1 Å². The highest BCUT2D eigenvalue weighted by molar-refractivity contribution is 7.12. The van der Waals surface area contributed by atoms with E-state index in [2.05, 4.69) is 60.8 Å². The minimum atomic E-state index is 0.0545. The Morgan fingerprint density at radius 1 is 0.935 bits per heavy atom. The van der Waals surface area contributed by atoms with Crippen LogP contribution in [0.1, 0.15) is 66.7 Å². The number of carbonyl (C=O) groups excluding carboxylic acids is 1. The SMILES string of the molecule is C[C@@]1(C(NC(=O)c2cccs2)c2ccc(-c3ccccc3)cc2)C[C@H]1C1CCCCC1. The van der Waals surface area contributed by atoms with E-state index in [0.29, 0.717) is 0 Å². The van der Waals surface area contributed by atoms with E-state index >= 15 is 0 Å². The fourth-order valence-corrected chi connectivity index (χ4v) is 6.35. The van der Waals surface area contributed by atoms with Crippen molar-refractivity contribution in [3.05, 3.63) is 82.6 Å². The van der Waals surface area contributed by atoms with Crippen molar-refractivity contribution in [2.75, 3.05) is 0 Å². The summed E-state index contributed by atoms with van der Waals surface area (Å²) >= 11 is 1.52. The van der Waals surface area contributed by atoms with E-state index in [-0.39, 0.29) is 17.4 Å². The maximum atomic E-state index is 13.0. The van der Waals surface area contributed by atoms with E-state index in [9.17, 15) is 4.79 Å².